The number of alkyl halides is 1. The third-order valence-corrected chi connectivity index (χ3v) is 2.78. The fourth-order valence-corrected chi connectivity index (χ4v) is 1.69. The van der Waals surface area contributed by atoms with E-state index in [0.717, 1.165) is 6.07 Å². The van der Waals surface area contributed by atoms with Crippen molar-refractivity contribution in [3.05, 3.63) is 28.0 Å². The Labute approximate surface area is 91.0 Å². The summed E-state index contributed by atoms with van der Waals surface area (Å²) in [5, 5.41) is 9.21. The summed E-state index contributed by atoms with van der Waals surface area (Å²) in [7, 11) is 0. The first-order valence-electron chi connectivity index (χ1n) is 3.34. The minimum absolute atomic E-state index is 0.0198. The Balaban J connectivity index is 3.33. The van der Waals surface area contributed by atoms with Crippen LogP contribution in [0.2, 0.25) is 0 Å². The Bertz CT molecular complexity index is 352. The molecule has 2 nitrogen and oxygen atoms in total. The Morgan fingerprint density at radius 1 is 1.54 bits per heavy atom. The zero-order valence-electron chi connectivity index (χ0n) is 6.35. The van der Waals surface area contributed by atoms with Gasteiger partial charge < -0.3 is 5.11 Å². The standard InChI is InChI=1S/C8H5Br2FO2/c9-3-6(13)7-4(11)1-2-5(12)8(7)10/h1-2,12H,3H2. The smallest absolute Gasteiger partial charge is 0.177 e. The number of carbonyl (C=O) groups is 1. The normalized spacial score (nSPS) is 10.1. The van der Waals surface area contributed by atoms with Gasteiger partial charge in [-0.15, -0.1) is 0 Å². The molecule has 0 unspecified atom stereocenters. The van der Waals surface area contributed by atoms with E-state index >= 15 is 0 Å². The number of halogens is 3. The van der Waals surface area contributed by atoms with Crippen LogP contribution in [0.1, 0.15) is 10.4 Å². The number of benzene rings is 1. The van der Waals surface area contributed by atoms with Gasteiger partial charge in [0.1, 0.15) is 11.6 Å². The molecule has 1 aromatic rings. The van der Waals surface area contributed by atoms with Crippen LogP contribution in [-0.4, -0.2) is 16.2 Å². The molecule has 0 saturated heterocycles. The molecule has 0 amide bonds. The number of ketones is 1. The molecule has 70 valence electrons. The Hall–Kier alpha value is -0.420. The van der Waals surface area contributed by atoms with E-state index in [-0.39, 0.29) is 21.1 Å². The second-order valence-electron chi connectivity index (χ2n) is 2.31. The number of phenolic OH excluding ortho intramolecular Hbond substituents is 1. The van der Waals surface area contributed by atoms with Gasteiger partial charge in [-0.2, -0.15) is 0 Å². The molecule has 0 radical (unpaired) electrons. The molecule has 0 aliphatic carbocycles. The number of carbonyl (C=O) groups excluding carboxylic acids is 1. The fourth-order valence-electron chi connectivity index (χ4n) is 0.864. The van der Waals surface area contributed by atoms with Gasteiger partial charge in [0, 0.05) is 0 Å². The predicted molar refractivity (Wildman–Crippen MR) is 53.9 cm³/mol. The highest BCUT2D eigenvalue weighted by Crippen LogP contribution is 2.29. The average Bonchev–Trinajstić information content (AvgIpc) is 2.12. The van der Waals surface area contributed by atoms with E-state index in [1.165, 1.54) is 6.07 Å². The second-order valence-corrected chi connectivity index (χ2v) is 3.67. The molecule has 0 aromatic heterocycles. The predicted octanol–water partition coefficient (Wildman–Crippen LogP) is 2.87. The van der Waals surface area contributed by atoms with Gasteiger partial charge in [-0.05, 0) is 28.1 Å². The fraction of sp³-hybridized carbons (Fsp3) is 0.125. The lowest BCUT2D eigenvalue weighted by molar-refractivity contribution is 0.101. The monoisotopic (exact) mass is 310 g/mol. The van der Waals surface area contributed by atoms with Gasteiger partial charge in [-0.25, -0.2) is 4.39 Å². The first-order valence-corrected chi connectivity index (χ1v) is 5.25. The second kappa shape index (κ2) is 4.19. The molecule has 0 saturated carbocycles. The van der Waals surface area contributed by atoms with Gasteiger partial charge >= 0.3 is 0 Å². The number of hydrogen-bond donors (Lipinski definition) is 1. The largest absolute Gasteiger partial charge is 0.507 e. The van der Waals surface area contributed by atoms with Crippen molar-refractivity contribution in [3.8, 4) is 5.75 Å². The maximum absolute atomic E-state index is 13.1. The lowest BCUT2D eigenvalue weighted by Gasteiger charge is -2.04. The molecule has 0 heterocycles. The molecular weight excluding hydrogens is 307 g/mol. The van der Waals surface area contributed by atoms with Crippen LogP contribution in [0.5, 0.6) is 5.75 Å². The zero-order valence-corrected chi connectivity index (χ0v) is 9.52. The molecule has 1 aromatic carbocycles. The minimum Gasteiger partial charge on any atom is -0.507 e. The SMILES string of the molecule is O=C(CBr)c1c(F)ccc(O)c1Br. The van der Waals surface area contributed by atoms with E-state index in [4.69, 9.17) is 0 Å². The van der Waals surface area contributed by atoms with Crippen molar-refractivity contribution in [2.75, 3.05) is 5.33 Å². The van der Waals surface area contributed by atoms with Crippen molar-refractivity contribution >= 4 is 37.6 Å². The highest BCUT2D eigenvalue weighted by Gasteiger charge is 2.16. The van der Waals surface area contributed by atoms with Crippen molar-refractivity contribution in [3.63, 3.8) is 0 Å². The molecule has 0 bridgehead atoms. The van der Waals surface area contributed by atoms with E-state index < -0.39 is 11.6 Å². The molecule has 0 aliphatic heterocycles. The zero-order chi connectivity index (χ0) is 10.0. The van der Waals surface area contributed by atoms with E-state index in [1.54, 1.807) is 0 Å². The van der Waals surface area contributed by atoms with Gasteiger partial charge in [-0.1, -0.05) is 15.9 Å². The molecule has 0 aliphatic rings. The minimum atomic E-state index is -0.644. The lowest BCUT2D eigenvalue weighted by Crippen LogP contribution is -2.04. The van der Waals surface area contributed by atoms with E-state index in [9.17, 15) is 14.3 Å². The number of Topliss-reactive ketones (excluding diaryl/α,β-unsaturated/α-hetero) is 1. The van der Waals surface area contributed by atoms with Crippen LogP contribution in [0, 0.1) is 5.82 Å². The van der Waals surface area contributed by atoms with Crippen LogP contribution in [0.3, 0.4) is 0 Å². The van der Waals surface area contributed by atoms with Gasteiger partial charge in [-0.3, -0.25) is 4.79 Å². The van der Waals surface area contributed by atoms with Crippen LogP contribution >= 0.6 is 31.9 Å². The number of rotatable bonds is 2. The van der Waals surface area contributed by atoms with Crippen molar-refractivity contribution in [1.29, 1.82) is 0 Å². The molecule has 13 heavy (non-hydrogen) atoms. The van der Waals surface area contributed by atoms with Crippen LogP contribution < -0.4 is 0 Å². The van der Waals surface area contributed by atoms with Crippen LogP contribution in [0.25, 0.3) is 0 Å². The average molecular weight is 312 g/mol. The van der Waals surface area contributed by atoms with E-state index in [0.29, 0.717) is 0 Å². The molecule has 0 atom stereocenters. The molecule has 5 heteroatoms. The number of hydrogen-bond acceptors (Lipinski definition) is 2. The maximum Gasteiger partial charge on any atom is 0.177 e. The topological polar surface area (TPSA) is 37.3 Å². The summed E-state index contributed by atoms with van der Waals surface area (Å²) in [6.07, 6.45) is 0. The summed E-state index contributed by atoms with van der Waals surface area (Å²) in [4.78, 5) is 11.2. The van der Waals surface area contributed by atoms with Crippen molar-refractivity contribution in [1.82, 2.24) is 0 Å². The lowest BCUT2D eigenvalue weighted by atomic mass is 10.1. The maximum atomic E-state index is 13.1. The summed E-state index contributed by atoms with van der Waals surface area (Å²) in [6, 6.07) is 2.24. The highest BCUT2D eigenvalue weighted by atomic mass is 79.9. The Morgan fingerprint density at radius 2 is 2.15 bits per heavy atom. The van der Waals surface area contributed by atoms with Crippen LogP contribution in [-0.2, 0) is 0 Å². The van der Waals surface area contributed by atoms with Crippen LogP contribution in [0.4, 0.5) is 4.39 Å². The van der Waals surface area contributed by atoms with Gasteiger partial charge in [0.25, 0.3) is 0 Å². The van der Waals surface area contributed by atoms with Crippen molar-refractivity contribution in [2.24, 2.45) is 0 Å². The number of aromatic hydroxyl groups is 1. The summed E-state index contributed by atoms with van der Waals surface area (Å²) in [5.74, 6) is -1.21. The summed E-state index contributed by atoms with van der Waals surface area (Å²) in [6.45, 7) is 0. The van der Waals surface area contributed by atoms with Gasteiger partial charge in [0.05, 0.1) is 15.4 Å². The summed E-state index contributed by atoms with van der Waals surface area (Å²) >= 11 is 5.87. The van der Waals surface area contributed by atoms with E-state index in [1.807, 2.05) is 0 Å². The van der Waals surface area contributed by atoms with Gasteiger partial charge in [0.2, 0.25) is 0 Å². The summed E-state index contributed by atoms with van der Waals surface area (Å²) in [5.41, 5.74) is -0.128. The molecular formula is C8H5Br2FO2. The quantitative estimate of drug-likeness (QED) is 0.673. The molecule has 1 rings (SSSR count). The first-order chi connectivity index (χ1) is 6.07. The molecule has 0 fully saturated rings. The highest BCUT2D eigenvalue weighted by molar-refractivity contribution is 9.10. The third-order valence-electron chi connectivity index (χ3n) is 1.47. The number of phenols is 1. The van der Waals surface area contributed by atoms with E-state index in [2.05, 4.69) is 31.9 Å². The van der Waals surface area contributed by atoms with Gasteiger partial charge in [0.15, 0.2) is 5.78 Å². The third kappa shape index (κ3) is 2.08. The first kappa shape index (κ1) is 10.7. The van der Waals surface area contributed by atoms with Crippen LogP contribution in [0.15, 0.2) is 16.6 Å². The molecule has 0 spiro atoms. The molecule has 1 N–H and O–H groups in total. The summed E-state index contributed by atoms with van der Waals surface area (Å²) < 4.78 is 13.2. The van der Waals surface area contributed by atoms with Crippen molar-refractivity contribution < 1.29 is 14.3 Å². The van der Waals surface area contributed by atoms with Crippen molar-refractivity contribution in [2.45, 2.75) is 0 Å². The Morgan fingerprint density at radius 3 is 2.69 bits per heavy atom. The Kier molecular flexibility index (Phi) is 3.44.